The molecule has 0 aliphatic rings. The van der Waals surface area contributed by atoms with Crippen LogP contribution in [0.15, 0.2) is 71.6 Å². The normalized spacial score (nSPS) is 11.5. The van der Waals surface area contributed by atoms with Crippen molar-refractivity contribution in [3.8, 4) is 0 Å². The summed E-state index contributed by atoms with van der Waals surface area (Å²) in [6.45, 7) is -0.535. The van der Waals surface area contributed by atoms with Crippen LogP contribution in [0.3, 0.4) is 0 Å². The Kier molecular flexibility index (Phi) is 7.86. The zero-order valence-electron chi connectivity index (χ0n) is 15.9. The molecule has 0 radical (unpaired) electrons. The summed E-state index contributed by atoms with van der Waals surface area (Å²) in [4.78, 5) is 12.8. The molecule has 3 aromatic rings. The number of benzene rings is 3. The minimum Gasteiger partial charge on any atom is -0.324 e. The van der Waals surface area contributed by atoms with Crippen LogP contribution in [0.1, 0.15) is 5.56 Å². The van der Waals surface area contributed by atoms with Gasteiger partial charge in [0, 0.05) is 11.6 Å². The fraction of sp³-hybridized carbons (Fsp3) is 0.0952. The van der Waals surface area contributed by atoms with Crippen LogP contribution in [0.4, 0.5) is 5.69 Å². The number of hydrogen-bond donors (Lipinski definition) is 1. The van der Waals surface area contributed by atoms with Gasteiger partial charge in [0.2, 0.25) is 15.9 Å². The van der Waals surface area contributed by atoms with Crippen molar-refractivity contribution in [2.45, 2.75) is 11.4 Å². The summed E-state index contributed by atoms with van der Waals surface area (Å²) in [6, 6.07) is 17.2. The van der Waals surface area contributed by atoms with Crippen LogP contribution < -0.4 is 5.32 Å². The summed E-state index contributed by atoms with van der Waals surface area (Å²) in [5.74, 6) is -0.566. The van der Waals surface area contributed by atoms with E-state index in [-0.39, 0.29) is 21.5 Å². The van der Waals surface area contributed by atoms with Crippen molar-refractivity contribution >= 4 is 68.0 Å². The van der Waals surface area contributed by atoms with E-state index in [4.69, 9.17) is 46.4 Å². The highest BCUT2D eigenvalue weighted by molar-refractivity contribution is 7.89. The Hall–Kier alpha value is -1.80. The number of nitrogens with zero attached hydrogens (tertiary/aromatic N) is 1. The van der Waals surface area contributed by atoms with Gasteiger partial charge in [-0.05, 0) is 48.0 Å². The van der Waals surface area contributed by atoms with Crippen molar-refractivity contribution in [3.05, 3.63) is 92.4 Å². The first-order valence-electron chi connectivity index (χ1n) is 8.91. The summed E-state index contributed by atoms with van der Waals surface area (Å²) in [7, 11) is -3.98. The number of anilines is 1. The maximum Gasteiger partial charge on any atom is 0.243 e. The van der Waals surface area contributed by atoms with E-state index in [0.717, 1.165) is 4.31 Å². The first kappa shape index (κ1) is 23.9. The Balaban J connectivity index is 1.89. The van der Waals surface area contributed by atoms with Gasteiger partial charge in [-0.2, -0.15) is 4.31 Å². The third-order valence-electron chi connectivity index (χ3n) is 4.25. The van der Waals surface area contributed by atoms with Gasteiger partial charge in [-0.3, -0.25) is 4.79 Å². The minimum absolute atomic E-state index is 0.0624. The number of amides is 1. The molecule has 0 saturated carbocycles. The van der Waals surface area contributed by atoms with Gasteiger partial charge in [-0.15, -0.1) is 0 Å². The van der Waals surface area contributed by atoms with Gasteiger partial charge >= 0.3 is 0 Å². The molecule has 0 aromatic heterocycles. The summed E-state index contributed by atoms with van der Waals surface area (Å²) < 4.78 is 27.5. The topological polar surface area (TPSA) is 66.5 Å². The lowest BCUT2D eigenvalue weighted by atomic mass is 10.2. The lowest BCUT2D eigenvalue weighted by Crippen LogP contribution is -2.37. The average Bonchev–Trinajstić information content (AvgIpc) is 2.73. The van der Waals surface area contributed by atoms with Gasteiger partial charge in [-0.1, -0.05) is 70.7 Å². The summed E-state index contributed by atoms with van der Waals surface area (Å²) in [5, 5.41) is 3.90. The summed E-state index contributed by atoms with van der Waals surface area (Å²) >= 11 is 24.0. The van der Waals surface area contributed by atoms with Gasteiger partial charge in [0.05, 0.1) is 32.2 Å². The number of halogens is 4. The van der Waals surface area contributed by atoms with E-state index in [9.17, 15) is 13.2 Å². The molecule has 0 atom stereocenters. The molecule has 0 unspecified atom stereocenters. The van der Waals surface area contributed by atoms with E-state index >= 15 is 0 Å². The molecule has 0 saturated heterocycles. The monoisotopic (exact) mass is 516 g/mol. The molecule has 0 heterocycles. The van der Waals surface area contributed by atoms with E-state index < -0.39 is 22.5 Å². The van der Waals surface area contributed by atoms with Gasteiger partial charge in [0.25, 0.3) is 0 Å². The first-order chi connectivity index (χ1) is 14.7. The molecule has 3 aromatic carbocycles. The van der Waals surface area contributed by atoms with Crippen LogP contribution in [0, 0.1) is 0 Å². The fourth-order valence-electron chi connectivity index (χ4n) is 2.75. The second kappa shape index (κ2) is 10.2. The average molecular weight is 518 g/mol. The molecule has 0 aliphatic heterocycles. The van der Waals surface area contributed by atoms with Crippen LogP contribution in [0.2, 0.25) is 20.1 Å². The number of rotatable bonds is 7. The van der Waals surface area contributed by atoms with E-state index in [1.807, 2.05) is 0 Å². The van der Waals surface area contributed by atoms with Crippen molar-refractivity contribution in [2.24, 2.45) is 0 Å². The summed E-state index contributed by atoms with van der Waals surface area (Å²) in [5.41, 5.74) is 0.897. The fourth-order valence-corrected chi connectivity index (χ4v) is 4.93. The molecule has 0 bridgehead atoms. The number of hydrogen-bond acceptors (Lipinski definition) is 3. The predicted octanol–water partition coefficient (Wildman–Crippen LogP) is 6.13. The molecule has 1 N–H and O–H groups in total. The Morgan fingerprint density at radius 1 is 0.839 bits per heavy atom. The van der Waals surface area contributed by atoms with Gasteiger partial charge in [0.15, 0.2) is 0 Å². The number of carbonyl (C=O) groups excluding carboxylic acids is 1. The predicted molar refractivity (Wildman–Crippen MR) is 126 cm³/mol. The lowest BCUT2D eigenvalue weighted by molar-refractivity contribution is -0.116. The molecule has 0 aliphatic carbocycles. The van der Waals surface area contributed by atoms with Crippen molar-refractivity contribution in [2.75, 3.05) is 11.9 Å². The second-order valence-electron chi connectivity index (χ2n) is 6.51. The van der Waals surface area contributed by atoms with E-state index in [1.165, 1.54) is 24.3 Å². The van der Waals surface area contributed by atoms with Crippen LogP contribution >= 0.6 is 46.4 Å². The van der Waals surface area contributed by atoms with Crippen molar-refractivity contribution < 1.29 is 13.2 Å². The van der Waals surface area contributed by atoms with E-state index in [2.05, 4.69) is 5.32 Å². The molecular formula is C21H16Cl4N2O3S. The molecule has 5 nitrogen and oxygen atoms in total. The molecule has 0 spiro atoms. The van der Waals surface area contributed by atoms with Crippen molar-refractivity contribution in [1.29, 1.82) is 0 Å². The van der Waals surface area contributed by atoms with Gasteiger partial charge < -0.3 is 5.32 Å². The molecule has 162 valence electrons. The maximum absolute atomic E-state index is 13.2. The van der Waals surface area contributed by atoms with Crippen LogP contribution in [0.5, 0.6) is 0 Å². The molecule has 10 heteroatoms. The Bertz CT molecular complexity index is 1200. The Morgan fingerprint density at radius 3 is 2.19 bits per heavy atom. The zero-order chi connectivity index (χ0) is 22.6. The standard InChI is InChI=1S/C21H16Cl4N2O3S/c22-15-7-9-20(19(25)11-15)26-21(28)13-27(12-14-6-8-17(23)18(24)10-14)31(29,30)16-4-2-1-3-5-16/h1-11H,12-13H2,(H,26,28). The lowest BCUT2D eigenvalue weighted by Gasteiger charge is -2.22. The maximum atomic E-state index is 13.2. The highest BCUT2D eigenvalue weighted by Gasteiger charge is 2.27. The zero-order valence-corrected chi connectivity index (χ0v) is 19.7. The van der Waals surface area contributed by atoms with E-state index in [1.54, 1.807) is 42.5 Å². The number of carbonyl (C=O) groups is 1. The number of sulfonamides is 1. The molecule has 31 heavy (non-hydrogen) atoms. The molecule has 1 amide bonds. The third kappa shape index (κ3) is 6.13. The SMILES string of the molecule is O=C(CN(Cc1ccc(Cl)c(Cl)c1)S(=O)(=O)c1ccccc1)Nc1ccc(Cl)cc1Cl. The quantitative estimate of drug-likeness (QED) is 0.410. The molecule has 3 rings (SSSR count). The largest absolute Gasteiger partial charge is 0.324 e. The highest BCUT2D eigenvalue weighted by atomic mass is 35.5. The van der Waals surface area contributed by atoms with Crippen LogP contribution in [-0.2, 0) is 21.4 Å². The first-order valence-corrected chi connectivity index (χ1v) is 11.9. The van der Waals surface area contributed by atoms with Crippen LogP contribution in [-0.4, -0.2) is 25.2 Å². The summed E-state index contributed by atoms with van der Waals surface area (Å²) in [6.07, 6.45) is 0. The third-order valence-corrected chi connectivity index (χ3v) is 7.34. The van der Waals surface area contributed by atoms with E-state index in [0.29, 0.717) is 21.3 Å². The Morgan fingerprint density at radius 2 is 1.55 bits per heavy atom. The molecular weight excluding hydrogens is 502 g/mol. The van der Waals surface area contributed by atoms with Crippen LogP contribution in [0.25, 0.3) is 0 Å². The number of nitrogens with one attached hydrogen (secondary N) is 1. The highest BCUT2D eigenvalue weighted by Crippen LogP contribution is 2.27. The van der Waals surface area contributed by atoms with Gasteiger partial charge in [0.1, 0.15) is 0 Å². The smallest absolute Gasteiger partial charge is 0.243 e. The second-order valence-corrected chi connectivity index (χ2v) is 10.1. The molecule has 0 fully saturated rings. The van der Waals surface area contributed by atoms with Gasteiger partial charge in [-0.25, -0.2) is 8.42 Å². The van der Waals surface area contributed by atoms with Crippen molar-refractivity contribution in [1.82, 2.24) is 4.31 Å². The minimum atomic E-state index is -3.98. The Labute approximate surface area is 200 Å². The van der Waals surface area contributed by atoms with Crippen molar-refractivity contribution in [3.63, 3.8) is 0 Å².